The van der Waals surface area contributed by atoms with Crippen LogP contribution in [0.25, 0.3) is 0 Å². The van der Waals surface area contributed by atoms with Gasteiger partial charge in [-0.05, 0) is 68.2 Å². The Labute approximate surface area is 138 Å². The highest BCUT2D eigenvalue weighted by atomic mass is 127. The fourth-order valence-corrected chi connectivity index (χ4v) is 4.75. The number of piperidine rings is 1. The van der Waals surface area contributed by atoms with Crippen LogP contribution < -0.4 is 0 Å². The molecule has 2 unspecified atom stereocenters. The van der Waals surface area contributed by atoms with Gasteiger partial charge >= 0.3 is 0 Å². The lowest BCUT2D eigenvalue weighted by Gasteiger charge is -2.35. The van der Waals surface area contributed by atoms with Gasteiger partial charge in [0.1, 0.15) is 11.0 Å². The largest absolute Gasteiger partial charge is 0.300 e. The van der Waals surface area contributed by atoms with E-state index in [4.69, 9.17) is 16.6 Å². The topological polar surface area (TPSA) is 29.0 Å². The van der Waals surface area contributed by atoms with Crippen LogP contribution in [-0.2, 0) is 0 Å². The van der Waals surface area contributed by atoms with Crippen molar-refractivity contribution in [1.29, 1.82) is 0 Å². The smallest absolute Gasteiger partial charge is 0.146 e. The second kappa shape index (κ2) is 5.06. The standard InChI is InChI=1S/C15H19ClIN3/c1-20-10-4-5-11(20)7-9(6-10)15-18-13(8-2-3-8)12(17)14(16)19-15/h8-11H,2-7H2,1H3. The number of halogens is 2. The lowest BCUT2D eigenvalue weighted by molar-refractivity contribution is 0.158. The molecule has 5 heteroatoms. The predicted molar refractivity (Wildman–Crippen MR) is 88.3 cm³/mol. The molecule has 1 saturated carbocycles. The van der Waals surface area contributed by atoms with E-state index in [0.29, 0.717) is 17.0 Å². The van der Waals surface area contributed by atoms with Gasteiger partial charge in [-0.2, -0.15) is 0 Å². The Kier molecular flexibility index (Phi) is 3.47. The van der Waals surface area contributed by atoms with Gasteiger partial charge in [-0.15, -0.1) is 0 Å². The van der Waals surface area contributed by atoms with E-state index < -0.39 is 0 Å². The summed E-state index contributed by atoms with van der Waals surface area (Å²) in [5.74, 6) is 2.17. The van der Waals surface area contributed by atoms with E-state index in [1.807, 2.05) is 0 Å². The van der Waals surface area contributed by atoms with Crippen molar-refractivity contribution in [1.82, 2.24) is 14.9 Å². The highest BCUT2D eigenvalue weighted by molar-refractivity contribution is 14.1. The lowest BCUT2D eigenvalue weighted by atomic mass is 9.90. The summed E-state index contributed by atoms with van der Waals surface area (Å²) in [4.78, 5) is 12.1. The van der Waals surface area contributed by atoms with Crippen molar-refractivity contribution in [2.75, 3.05) is 7.05 Å². The van der Waals surface area contributed by atoms with E-state index in [9.17, 15) is 0 Å². The van der Waals surface area contributed by atoms with Crippen LogP contribution in [0.3, 0.4) is 0 Å². The summed E-state index contributed by atoms with van der Waals surface area (Å²) >= 11 is 8.66. The Morgan fingerprint density at radius 1 is 1.05 bits per heavy atom. The third-order valence-corrected chi connectivity index (χ3v) is 6.94. The Morgan fingerprint density at radius 2 is 1.70 bits per heavy atom. The van der Waals surface area contributed by atoms with E-state index in [1.54, 1.807) is 0 Å². The zero-order chi connectivity index (χ0) is 13.9. The minimum Gasteiger partial charge on any atom is -0.300 e. The number of hydrogen-bond donors (Lipinski definition) is 0. The van der Waals surface area contributed by atoms with Gasteiger partial charge in [-0.3, -0.25) is 0 Å². The highest BCUT2D eigenvalue weighted by Crippen LogP contribution is 2.45. The third kappa shape index (κ3) is 2.28. The summed E-state index contributed by atoms with van der Waals surface area (Å²) in [5.41, 5.74) is 1.21. The first-order chi connectivity index (χ1) is 9.63. The average Bonchev–Trinajstić information content (AvgIpc) is 3.23. The van der Waals surface area contributed by atoms with Crippen LogP contribution >= 0.6 is 34.2 Å². The number of hydrogen-bond acceptors (Lipinski definition) is 3. The first-order valence-electron chi connectivity index (χ1n) is 7.58. The van der Waals surface area contributed by atoms with Crippen LogP contribution in [0.2, 0.25) is 5.15 Å². The summed E-state index contributed by atoms with van der Waals surface area (Å²) in [6, 6.07) is 1.45. The van der Waals surface area contributed by atoms with E-state index in [1.165, 1.54) is 44.2 Å². The molecule has 108 valence electrons. The molecule has 4 rings (SSSR count). The minimum atomic E-state index is 0.510. The molecule has 2 atom stereocenters. The van der Waals surface area contributed by atoms with Gasteiger partial charge in [0.25, 0.3) is 0 Å². The van der Waals surface area contributed by atoms with Crippen LogP contribution in [0.5, 0.6) is 0 Å². The first-order valence-corrected chi connectivity index (χ1v) is 9.04. The van der Waals surface area contributed by atoms with Crippen molar-refractivity contribution >= 4 is 34.2 Å². The molecule has 3 aliphatic rings. The normalized spacial score (nSPS) is 33.6. The quantitative estimate of drug-likeness (QED) is 0.553. The molecule has 3 nitrogen and oxygen atoms in total. The average molecular weight is 404 g/mol. The van der Waals surface area contributed by atoms with Crippen LogP contribution in [0.4, 0.5) is 0 Å². The van der Waals surface area contributed by atoms with Gasteiger partial charge in [0, 0.05) is 23.9 Å². The van der Waals surface area contributed by atoms with Gasteiger partial charge in [-0.1, -0.05) is 11.6 Å². The van der Waals surface area contributed by atoms with Gasteiger partial charge in [0.2, 0.25) is 0 Å². The summed E-state index contributed by atoms with van der Waals surface area (Å²) in [5, 5.41) is 0.670. The predicted octanol–water partition coefficient (Wildman–Crippen LogP) is 3.95. The fraction of sp³-hybridized carbons (Fsp3) is 0.733. The van der Waals surface area contributed by atoms with Gasteiger partial charge < -0.3 is 4.90 Å². The Morgan fingerprint density at radius 3 is 2.30 bits per heavy atom. The van der Waals surface area contributed by atoms with Gasteiger partial charge in [0.15, 0.2) is 0 Å². The van der Waals surface area contributed by atoms with E-state index >= 15 is 0 Å². The third-order valence-electron chi connectivity index (χ3n) is 5.28. The van der Waals surface area contributed by atoms with E-state index in [2.05, 4.69) is 39.5 Å². The maximum atomic E-state index is 6.36. The molecule has 0 radical (unpaired) electrons. The Hall–Kier alpha value is 0.0600. The summed E-state index contributed by atoms with van der Waals surface area (Å²) < 4.78 is 1.08. The Balaban J connectivity index is 1.65. The summed E-state index contributed by atoms with van der Waals surface area (Å²) in [6.07, 6.45) is 7.61. The molecule has 0 N–H and O–H groups in total. The van der Waals surface area contributed by atoms with Crippen molar-refractivity contribution in [2.45, 2.75) is 62.4 Å². The summed E-state index contributed by atoms with van der Waals surface area (Å²) in [7, 11) is 2.27. The monoisotopic (exact) mass is 403 g/mol. The maximum absolute atomic E-state index is 6.36. The molecule has 0 spiro atoms. The van der Waals surface area contributed by atoms with Crippen molar-refractivity contribution in [2.24, 2.45) is 0 Å². The van der Waals surface area contributed by atoms with Gasteiger partial charge in [0.05, 0.1) is 9.26 Å². The van der Waals surface area contributed by atoms with E-state index in [-0.39, 0.29) is 0 Å². The zero-order valence-corrected chi connectivity index (χ0v) is 14.6. The molecule has 2 aliphatic heterocycles. The molecular formula is C15H19ClIN3. The van der Waals surface area contributed by atoms with Crippen LogP contribution in [0.1, 0.15) is 61.9 Å². The fourth-order valence-electron chi connectivity index (χ4n) is 3.88. The molecule has 2 bridgehead atoms. The number of fused-ring (bicyclic) bond motifs is 2. The first kappa shape index (κ1) is 13.7. The minimum absolute atomic E-state index is 0.510. The second-order valence-corrected chi connectivity index (χ2v) is 8.00. The molecule has 2 saturated heterocycles. The molecule has 20 heavy (non-hydrogen) atoms. The number of nitrogens with zero attached hydrogens (tertiary/aromatic N) is 3. The SMILES string of the molecule is CN1C2CCC1CC(c1nc(Cl)c(I)c(C3CC3)n1)C2. The molecular weight excluding hydrogens is 385 g/mol. The number of rotatable bonds is 2. The van der Waals surface area contributed by atoms with Crippen molar-refractivity contribution in [3.05, 3.63) is 20.2 Å². The molecule has 1 aromatic heterocycles. The lowest BCUT2D eigenvalue weighted by Crippen LogP contribution is -2.39. The molecule has 3 heterocycles. The van der Waals surface area contributed by atoms with Crippen LogP contribution in [-0.4, -0.2) is 34.0 Å². The van der Waals surface area contributed by atoms with Crippen LogP contribution in [0.15, 0.2) is 0 Å². The molecule has 0 amide bonds. The van der Waals surface area contributed by atoms with Crippen LogP contribution in [0, 0.1) is 3.57 Å². The summed E-state index contributed by atoms with van der Waals surface area (Å²) in [6.45, 7) is 0. The molecule has 1 aromatic rings. The Bertz CT molecular complexity index is 532. The zero-order valence-electron chi connectivity index (χ0n) is 11.6. The maximum Gasteiger partial charge on any atom is 0.146 e. The number of aromatic nitrogens is 2. The van der Waals surface area contributed by atoms with Gasteiger partial charge in [-0.25, -0.2) is 9.97 Å². The second-order valence-electron chi connectivity index (χ2n) is 6.56. The molecule has 0 aromatic carbocycles. The van der Waals surface area contributed by atoms with E-state index in [0.717, 1.165) is 21.5 Å². The molecule has 1 aliphatic carbocycles. The molecule has 3 fully saturated rings. The van der Waals surface area contributed by atoms with Crippen molar-refractivity contribution in [3.8, 4) is 0 Å². The highest BCUT2D eigenvalue weighted by Gasteiger charge is 2.40. The van der Waals surface area contributed by atoms with Crippen molar-refractivity contribution < 1.29 is 0 Å². The van der Waals surface area contributed by atoms with Crippen molar-refractivity contribution in [3.63, 3.8) is 0 Å².